The lowest BCUT2D eigenvalue weighted by Crippen LogP contribution is -2.32. The molecule has 1 aromatic carbocycles. The van der Waals surface area contributed by atoms with Gasteiger partial charge in [0.1, 0.15) is 0 Å². The lowest BCUT2D eigenvalue weighted by Gasteiger charge is -2.14. The van der Waals surface area contributed by atoms with Crippen molar-refractivity contribution in [2.75, 3.05) is 33.9 Å². The van der Waals surface area contributed by atoms with Crippen molar-refractivity contribution in [1.29, 1.82) is 0 Å². The van der Waals surface area contributed by atoms with Crippen LogP contribution in [0, 0.1) is 5.92 Å². The number of methoxy groups -OCH3 is 2. The molecule has 1 heterocycles. The van der Waals surface area contributed by atoms with Crippen LogP contribution in [0.3, 0.4) is 0 Å². The van der Waals surface area contributed by atoms with E-state index in [4.69, 9.17) is 9.47 Å². The molecule has 22 heavy (non-hydrogen) atoms. The van der Waals surface area contributed by atoms with Gasteiger partial charge in [0, 0.05) is 12.5 Å². The van der Waals surface area contributed by atoms with Crippen molar-refractivity contribution in [3.05, 3.63) is 23.8 Å². The molecule has 2 rings (SSSR count). The number of nitrogens with one attached hydrogen (secondary N) is 2. The summed E-state index contributed by atoms with van der Waals surface area (Å²) in [6.07, 6.45) is 3.78. The molecule has 5 nitrogen and oxygen atoms in total. The molecule has 122 valence electrons. The Labute approximate surface area is 132 Å². The van der Waals surface area contributed by atoms with Crippen LogP contribution in [0.5, 0.6) is 11.5 Å². The summed E-state index contributed by atoms with van der Waals surface area (Å²) in [7, 11) is 3.25. The lowest BCUT2D eigenvalue weighted by atomic mass is 10.00. The van der Waals surface area contributed by atoms with Gasteiger partial charge in [-0.05, 0) is 56.5 Å². The number of hydrogen-bond donors (Lipinski definition) is 2. The van der Waals surface area contributed by atoms with Gasteiger partial charge in [-0.3, -0.25) is 4.79 Å². The van der Waals surface area contributed by atoms with E-state index in [1.807, 2.05) is 18.2 Å². The molecule has 1 aliphatic heterocycles. The van der Waals surface area contributed by atoms with Crippen molar-refractivity contribution in [1.82, 2.24) is 10.6 Å². The minimum atomic E-state index is 0.153. The van der Waals surface area contributed by atoms with E-state index in [-0.39, 0.29) is 11.8 Å². The topological polar surface area (TPSA) is 59.6 Å². The highest BCUT2D eigenvalue weighted by Crippen LogP contribution is 2.27. The molecule has 1 amide bonds. The van der Waals surface area contributed by atoms with Crippen molar-refractivity contribution in [2.24, 2.45) is 5.92 Å². The van der Waals surface area contributed by atoms with Crippen molar-refractivity contribution in [3.8, 4) is 11.5 Å². The second-order valence-electron chi connectivity index (χ2n) is 5.61. The van der Waals surface area contributed by atoms with Gasteiger partial charge in [-0.1, -0.05) is 6.07 Å². The Hall–Kier alpha value is -1.75. The number of hydrogen-bond acceptors (Lipinski definition) is 4. The van der Waals surface area contributed by atoms with Gasteiger partial charge in [-0.15, -0.1) is 0 Å². The van der Waals surface area contributed by atoms with E-state index >= 15 is 0 Å². The smallest absolute Gasteiger partial charge is 0.223 e. The summed E-state index contributed by atoms with van der Waals surface area (Å²) in [5, 5.41) is 6.39. The number of amides is 1. The Morgan fingerprint density at radius 1 is 1.23 bits per heavy atom. The minimum absolute atomic E-state index is 0.153. The Balaban J connectivity index is 1.81. The van der Waals surface area contributed by atoms with E-state index in [9.17, 15) is 4.79 Å². The van der Waals surface area contributed by atoms with Gasteiger partial charge < -0.3 is 20.1 Å². The number of rotatable bonds is 6. The average molecular weight is 306 g/mol. The standard InChI is InChI=1S/C17H26N2O3/c1-21-15-6-5-13(12-16(15)22-2)7-11-19-17(20)14-4-3-9-18-10-8-14/h5-6,12,14,18H,3-4,7-11H2,1-2H3,(H,19,20)/t14-/m1/s1. The minimum Gasteiger partial charge on any atom is -0.493 e. The molecule has 5 heteroatoms. The molecule has 1 fully saturated rings. The van der Waals surface area contributed by atoms with E-state index in [0.29, 0.717) is 6.54 Å². The van der Waals surface area contributed by atoms with Gasteiger partial charge in [0.05, 0.1) is 14.2 Å². The van der Waals surface area contributed by atoms with Gasteiger partial charge in [0.15, 0.2) is 11.5 Å². The van der Waals surface area contributed by atoms with Gasteiger partial charge >= 0.3 is 0 Å². The van der Waals surface area contributed by atoms with Gasteiger partial charge in [0.25, 0.3) is 0 Å². The van der Waals surface area contributed by atoms with E-state index in [1.54, 1.807) is 14.2 Å². The van der Waals surface area contributed by atoms with Crippen LogP contribution in [0.4, 0.5) is 0 Å². The van der Waals surface area contributed by atoms with Crippen molar-refractivity contribution < 1.29 is 14.3 Å². The first kappa shape index (κ1) is 16.6. The summed E-state index contributed by atoms with van der Waals surface area (Å²) >= 11 is 0. The first-order valence-electron chi connectivity index (χ1n) is 7.94. The predicted octanol–water partition coefficient (Wildman–Crippen LogP) is 1.75. The van der Waals surface area contributed by atoms with E-state index in [1.165, 1.54) is 0 Å². The molecule has 0 saturated carbocycles. The van der Waals surface area contributed by atoms with Crippen molar-refractivity contribution in [2.45, 2.75) is 25.7 Å². The molecule has 0 radical (unpaired) electrons. The molecule has 0 unspecified atom stereocenters. The third-order valence-corrected chi connectivity index (χ3v) is 4.11. The maximum atomic E-state index is 12.2. The molecule has 0 aromatic heterocycles. The fourth-order valence-corrected chi connectivity index (χ4v) is 2.79. The second kappa shape index (κ2) is 8.63. The molecule has 2 N–H and O–H groups in total. The normalized spacial score (nSPS) is 18.4. The fourth-order valence-electron chi connectivity index (χ4n) is 2.79. The largest absolute Gasteiger partial charge is 0.493 e. The summed E-state index contributed by atoms with van der Waals surface area (Å²) in [6.45, 7) is 2.61. The van der Waals surface area contributed by atoms with Crippen LogP contribution in [0.15, 0.2) is 18.2 Å². The molecule has 1 aromatic rings. The Bertz CT molecular complexity index is 483. The number of benzene rings is 1. The van der Waals surface area contributed by atoms with Crippen molar-refractivity contribution in [3.63, 3.8) is 0 Å². The summed E-state index contributed by atoms with van der Waals surface area (Å²) in [5.74, 6) is 1.78. The predicted molar refractivity (Wildman–Crippen MR) is 86.5 cm³/mol. The highest BCUT2D eigenvalue weighted by Gasteiger charge is 2.19. The molecule has 0 aliphatic carbocycles. The zero-order chi connectivity index (χ0) is 15.8. The van der Waals surface area contributed by atoms with Gasteiger partial charge in [0.2, 0.25) is 5.91 Å². The molecule has 0 spiro atoms. The third kappa shape index (κ3) is 4.63. The lowest BCUT2D eigenvalue weighted by molar-refractivity contribution is -0.125. The summed E-state index contributed by atoms with van der Waals surface area (Å²) in [5.41, 5.74) is 1.13. The highest BCUT2D eigenvalue weighted by molar-refractivity contribution is 5.78. The molecular weight excluding hydrogens is 280 g/mol. The number of carbonyl (C=O) groups excluding carboxylic acids is 1. The molecule has 1 aliphatic rings. The maximum Gasteiger partial charge on any atom is 0.223 e. The SMILES string of the molecule is COc1ccc(CCNC(=O)[C@@H]2CCCNCC2)cc1OC. The Morgan fingerprint density at radius 2 is 2.05 bits per heavy atom. The highest BCUT2D eigenvalue weighted by atomic mass is 16.5. The quantitative estimate of drug-likeness (QED) is 0.841. The van der Waals surface area contributed by atoms with E-state index < -0.39 is 0 Å². The second-order valence-corrected chi connectivity index (χ2v) is 5.61. The summed E-state index contributed by atoms with van der Waals surface area (Å²) in [4.78, 5) is 12.2. The average Bonchev–Trinajstić information content (AvgIpc) is 2.83. The van der Waals surface area contributed by atoms with E-state index in [2.05, 4.69) is 10.6 Å². The van der Waals surface area contributed by atoms with Crippen LogP contribution in [0.25, 0.3) is 0 Å². The Morgan fingerprint density at radius 3 is 2.82 bits per heavy atom. The Kier molecular flexibility index (Phi) is 6.52. The number of ether oxygens (including phenoxy) is 2. The van der Waals surface area contributed by atoms with E-state index in [0.717, 1.165) is 55.8 Å². The van der Waals surface area contributed by atoms with Gasteiger partial charge in [-0.25, -0.2) is 0 Å². The van der Waals surface area contributed by atoms with Crippen LogP contribution < -0.4 is 20.1 Å². The summed E-state index contributed by atoms with van der Waals surface area (Å²) < 4.78 is 10.5. The zero-order valence-electron chi connectivity index (χ0n) is 13.5. The van der Waals surface area contributed by atoms with Crippen LogP contribution in [-0.2, 0) is 11.2 Å². The third-order valence-electron chi connectivity index (χ3n) is 4.11. The first-order chi connectivity index (χ1) is 10.7. The molecular formula is C17H26N2O3. The molecule has 1 saturated heterocycles. The van der Waals surface area contributed by atoms with Crippen LogP contribution in [-0.4, -0.2) is 39.8 Å². The number of carbonyl (C=O) groups is 1. The zero-order valence-corrected chi connectivity index (χ0v) is 13.5. The molecule has 0 bridgehead atoms. The van der Waals surface area contributed by atoms with Gasteiger partial charge in [-0.2, -0.15) is 0 Å². The first-order valence-corrected chi connectivity index (χ1v) is 7.94. The van der Waals surface area contributed by atoms with Crippen molar-refractivity contribution >= 4 is 5.91 Å². The maximum absolute atomic E-state index is 12.2. The van der Waals surface area contributed by atoms with Crippen LogP contribution in [0.1, 0.15) is 24.8 Å². The fraction of sp³-hybridized carbons (Fsp3) is 0.588. The summed E-state index contributed by atoms with van der Waals surface area (Å²) in [6, 6.07) is 5.86. The monoisotopic (exact) mass is 306 g/mol. The molecule has 1 atom stereocenters. The van der Waals surface area contributed by atoms with Crippen LogP contribution >= 0.6 is 0 Å². The van der Waals surface area contributed by atoms with Crippen LogP contribution in [0.2, 0.25) is 0 Å².